The summed E-state index contributed by atoms with van der Waals surface area (Å²) in [5.74, 6) is -0.278. The Bertz CT molecular complexity index is 619. The second kappa shape index (κ2) is 6.70. The van der Waals surface area contributed by atoms with E-state index in [9.17, 15) is 9.90 Å². The van der Waals surface area contributed by atoms with Crippen molar-refractivity contribution in [2.75, 3.05) is 7.05 Å². The van der Waals surface area contributed by atoms with Crippen molar-refractivity contribution in [1.82, 2.24) is 9.88 Å². The third kappa shape index (κ3) is 3.60. The Labute approximate surface area is 129 Å². The third-order valence-corrected chi connectivity index (χ3v) is 3.71. The van der Waals surface area contributed by atoms with Crippen LogP contribution in [0, 0.1) is 0 Å². The quantitative estimate of drug-likeness (QED) is 0.945. The number of aliphatic hydroxyl groups excluding tert-OH is 1. The van der Waals surface area contributed by atoms with Gasteiger partial charge in [0, 0.05) is 18.3 Å². The molecule has 0 radical (unpaired) electrons. The molecule has 0 saturated heterocycles. The van der Waals surface area contributed by atoms with Crippen LogP contribution in [0.15, 0.2) is 48.7 Å². The summed E-state index contributed by atoms with van der Waals surface area (Å²) in [7, 11) is 1.64. The van der Waals surface area contributed by atoms with Gasteiger partial charge in [0.15, 0.2) is 0 Å². The van der Waals surface area contributed by atoms with Crippen LogP contribution in [0.5, 0.6) is 0 Å². The molecule has 1 heterocycles. The van der Waals surface area contributed by atoms with Gasteiger partial charge in [-0.25, -0.2) is 0 Å². The Hall–Kier alpha value is -1.91. The van der Waals surface area contributed by atoms with Crippen molar-refractivity contribution in [2.45, 2.75) is 19.1 Å². The smallest absolute Gasteiger partial charge is 0.272 e. The first kappa shape index (κ1) is 15.5. The SMILES string of the molecule is C[C@H]([C@H](O)c1ccccc1)N(C)C(=O)c1cc(Cl)ccn1. The molecule has 5 heteroatoms. The number of carbonyl (C=O) groups is 1. The zero-order chi connectivity index (χ0) is 15.4. The summed E-state index contributed by atoms with van der Waals surface area (Å²) >= 11 is 5.87. The largest absolute Gasteiger partial charge is 0.386 e. The zero-order valence-electron chi connectivity index (χ0n) is 11.9. The molecule has 21 heavy (non-hydrogen) atoms. The average molecular weight is 305 g/mol. The van der Waals surface area contributed by atoms with Crippen molar-refractivity contribution in [3.8, 4) is 0 Å². The number of amides is 1. The molecule has 0 bridgehead atoms. The minimum atomic E-state index is -0.765. The highest BCUT2D eigenvalue weighted by Gasteiger charge is 2.25. The molecule has 1 N–H and O–H groups in total. The van der Waals surface area contributed by atoms with Crippen molar-refractivity contribution in [2.24, 2.45) is 0 Å². The molecule has 0 unspecified atom stereocenters. The normalized spacial score (nSPS) is 13.5. The van der Waals surface area contributed by atoms with E-state index in [4.69, 9.17) is 11.6 Å². The van der Waals surface area contributed by atoms with Crippen molar-refractivity contribution in [3.63, 3.8) is 0 Å². The topological polar surface area (TPSA) is 53.4 Å². The summed E-state index contributed by atoms with van der Waals surface area (Å²) < 4.78 is 0. The van der Waals surface area contributed by atoms with E-state index in [2.05, 4.69) is 4.98 Å². The van der Waals surface area contributed by atoms with Crippen LogP contribution in [0.2, 0.25) is 5.02 Å². The first-order valence-corrected chi connectivity index (χ1v) is 7.00. The number of pyridine rings is 1. The Morgan fingerprint density at radius 1 is 1.29 bits per heavy atom. The molecule has 4 nitrogen and oxygen atoms in total. The summed E-state index contributed by atoms with van der Waals surface area (Å²) in [4.78, 5) is 17.9. The van der Waals surface area contributed by atoms with Gasteiger partial charge in [-0.1, -0.05) is 41.9 Å². The van der Waals surface area contributed by atoms with E-state index >= 15 is 0 Å². The molecule has 1 aromatic carbocycles. The lowest BCUT2D eigenvalue weighted by Gasteiger charge is -2.29. The lowest BCUT2D eigenvalue weighted by atomic mass is 10.0. The third-order valence-electron chi connectivity index (χ3n) is 3.47. The molecule has 2 atom stereocenters. The minimum absolute atomic E-state index is 0.261. The van der Waals surface area contributed by atoms with Crippen molar-refractivity contribution >= 4 is 17.5 Å². The number of benzene rings is 1. The van der Waals surface area contributed by atoms with Gasteiger partial charge < -0.3 is 10.0 Å². The van der Waals surface area contributed by atoms with Gasteiger partial charge in [-0.05, 0) is 24.6 Å². The number of aromatic nitrogens is 1. The Kier molecular flexibility index (Phi) is 4.94. The summed E-state index contributed by atoms with van der Waals surface area (Å²) in [6.45, 7) is 1.79. The highest BCUT2D eigenvalue weighted by atomic mass is 35.5. The lowest BCUT2D eigenvalue weighted by Crippen LogP contribution is -2.39. The summed E-state index contributed by atoms with van der Waals surface area (Å²) in [6, 6.07) is 12.0. The van der Waals surface area contributed by atoms with E-state index < -0.39 is 6.10 Å². The Morgan fingerprint density at radius 3 is 2.57 bits per heavy atom. The van der Waals surface area contributed by atoms with Gasteiger partial charge in [0.25, 0.3) is 5.91 Å². The van der Waals surface area contributed by atoms with Gasteiger partial charge in [-0.2, -0.15) is 0 Å². The number of aliphatic hydroxyl groups is 1. The number of likely N-dealkylation sites (N-methyl/N-ethyl adjacent to an activating group) is 1. The molecule has 0 aliphatic carbocycles. The fourth-order valence-corrected chi connectivity index (χ4v) is 2.19. The molecule has 0 aliphatic rings. The van der Waals surface area contributed by atoms with Gasteiger partial charge in [-0.3, -0.25) is 9.78 Å². The monoisotopic (exact) mass is 304 g/mol. The molecule has 2 aromatic rings. The van der Waals surface area contributed by atoms with Crippen LogP contribution >= 0.6 is 11.6 Å². The maximum atomic E-state index is 12.4. The van der Waals surface area contributed by atoms with Crippen molar-refractivity contribution in [1.29, 1.82) is 0 Å². The van der Waals surface area contributed by atoms with Crippen LogP contribution in [0.3, 0.4) is 0 Å². The van der Waals surface area contributed by atoms with Crippen molar-refractivity contribution in [3.05, 3.63) is 64.9 Å². The van der Waals surface area contributed by atoms with Crippen LogP contribution in [-0.4, -0.2) is 34.0 Å². The molecular weight excluding hydrogens is 288 g/mol. The number of hydrogen-bond donors (Lipinski definition) is 1. The number of carbonyl (C=O) groups excluding carboxylic acids is 1. The number of nitrogens with zero attached hydrogens (tertiary/aromatic N) is 2. The highest BCUT2D eigenvalue weighted by Crippen LogP contribution is 2.21. The second-order valence-electron chi connectivity index (χ2n) is 4.87. The van der Waals surface area contributed by atoms with Crippen LogP contribution in [-0.2, 0) is 0 Å². The number of halogens is 1. The molecule has 1 amide bonds. The fourth-order valence-electron chi connectivity index (χ4n) is 2.03. The minimum Gasteiger partial charge on any atom is -0.386 e. The molecule has 0 fully saturated rings. The Morgan fingerprint density at radius 2 is 1.95 bits per heavy atom. The summed E-state index contributed by atoms with van der Waals surface area (Å²) in [5, 5.41) is 10.8. The predicted octanol–water partition coefficient (Wildman–Crippen LogP) is 2.93. The van der Waals surface area contributed by atoms with E-state index in [1.54, 1.807) is 20.0 Å². The van der Waals surface area contributed by atoms with Gasteiger partial charge in [0.1, 0.15) is 5.69 Å². The standard InChI is InChI=1S/C16H17ClN2O2/c1-11(15(20)12-6-4-3-5-7-12)19(2)16(21)14-10-13(17)8-9-18-14/h3-11,15,20H,1-2H3/t11-,15+/m1/s1. The summed E-state index contributed by atoms with van der Waals surface area (Å²) in [6.07, 6.45) is 0.723. The highest BCUT2D eigenvalue weighted by molar-refractivity contribution is 6.30. The molecule has 1 aromatic heterocycles. The van der Waals surface area contributed by atoms with E-state index in [-0.39, 0.29) is 17.6 Å². The average Bonchev–Trinajstić information content (AvgIpc) is 2.53. The lowest BCUT2D eigenvalue weighted by molar-refractivity contribution is 0.0482. The van der Waals surface area contributed by atoms with E-state index in [0.717, 1.165) is 5.56 Å². The predicted molar refractivity (Wildman–Crippen MR) is 82.2 cm³/mol. The number of rotatable bonds is 4. The molecule has 0 aliphatic heterocycles. The maximum absolute atomic E-state index is 12.4. The first-order chi connectivity index (χ1) is 10.0. The Balaban J connectivity index is 2.15. The van der Waals surface area contributed by atoms with E-state index in [1.807, 2.05) is 30.3 Å². The molecule has 2 rings (SSSR count). The zero-order valence-corrected chi connectivity index (χ0v) is 12.7. The van der Waals surface area contributed by atoms with Gasteiger partial charge in [-0.15, -0.1) is 0 Å². The van der Waals surface area contributed by atoms with E-state index in [1.165, 1.54) is 17.2 Å². The second-order valence-corrected chi connectivity index (χ2v) is 5.31. The van der Waals surface area contributed by atoms with Gasteiger partial charge >= 0.3 is 0 Å². The van der Waals surface area contributed by atoms with Crippen LogP contribution in [0.1, 0.15) is 29.1 Å². The van der Waals surface area contributed by atoms with Crippen LogP contribution < -0.4 is 0 Å². The molecule has 110 valence electrons. The molecule has 0 saturated carbocycles. The van der Waals surface area contributed by atoms with E-state index in [0.29, 0.717) is 5.02 Å². The van der Waals surface area contributed by atoms with Gasteiger partial charge in [0.05, 0.1) is 12.1 Å². The van der Waals surface area contributed by atoms with Gasteiger partial charge in [0.2, 0.25) is 0 Å². The summed E-state index contributed by atoms with van der Waals surface area (Å²) in [5.41, 5.74) is 1.03. The maximum Gasteiger partial charge on any atom is 0.272 e. The van der Waals surface area contributed by atoms with Crippen LogP contribution in [0.4, 0.5) is 0 Å². The fraction of sp³-hybridized carbons (Fsp3) is 0.250. The number of hydrogen-bond acceptors (Lipinski definition) is 3. The van der Waals surface area contributed by atoms with Crippen LogP contribution in [0.25, 0.3) is 0 Å². The molecular formula is C16H17ClN2O2. The first-order valence-electron chi connectivity index (χ1n) is 6.62. The molecule has 0 spiro atoms. The van der Waals surface area contributed by atoms with Crippen molar-refractivity contribution < 1.29 is 9.90 Å².